The van der Waals surface area contributed by atoms with Crippen LogP contribution in [0.4, 0.5) is 11.4 Å². The minimum atomic E-state index is -0.430. The van der Waals surface area contributed by atoms with Crippen molar-refractivity contribution >= 4 is 23.2 Å². The summed E-state index contributed by atoms with van der Waals surface area (Å²) in [5.74, 6) is -0.102. The van der Waals surface area contributed by atoms with Crippen LogP contribution >= 0.6 is 0 Å². The number of hydrogen-bond donors (Lipinski definition) is 1. The number of para-hydroxylation sites is 2. The van der Waals surface area contributed by atoms with Crippen LogP contribution in [0.25, 0.3) is 0 Å². The van der Waals surface area contributed by atoms with Gasteiger partial charge in [0.05, 0.1) is 34.2 Å². The number of carbonyl (C=O) groups is 2. The van der Waals surface area contributed by atoms with Gasteiger partial charge >= 0.3 is 0 Å². The number of nitrogens with one attached hydrogen (secondary N) is 1. The van der Waals surface area contributed by atoms with Crippen molar-refractivity contribution in [2.45, 2.75) is 39.3 Å². The van der Waals surface area contributed by atoms with E-state index >= 15 is 0 Å². The van der Waals surface area contributed by atoms with E-state index in [0.29, 0.717) is 5.57 Å². The van der Waals surface area contributed by atoms with Crippen molar-refractivity contribution < 1.29 is 9.59 Å². The van der Waals surface area contributed by atoms with Gasteiger partial charge in [0.25, 0.3) is 5.91 Å². The van der Waals surface area contributed by atoms with Gasteiger partial charge in [-0.1, -0.05) is 12.1 Å². The van der Waals surface area contributed by atoms with Gasteiger partial charge in [-0.3, -0.25) is 9.59 Å². The van der Waals surface area contributed by atoms with Crippen LogP contribution < -0.4 is 10.2 Å². The number of fused-ring (bicyclic) bond motifs is 1. The predicted molar refractivity (Wildman–Crippen MR) is 86.6 cm³/mol. The first kappa shape index (κ1) is 14.6. The van der Waals surface area contributed by atoms with Crippen LogP contribution in [0.1, 0.15) is 27.7 Å². The number of carbonyl (C=O) groups excluding carboxylic acids is 2. The molecule has 1 aromatic rings. The number of rotatable bonds is 0. The Labute approximate surface area is 130 Å². The van der Waals surface area contributed by atoms with E-state index in [2.05, 4.69) is 5.32 Å². The molecule has 1 N–H and O–H groups in total. The first-order chi connectivity index (χ1) is 10.3. The quantitative estimate of drug-likeness (QED) is 0.800. The van der Waals surface area contributed by atoms with Gasteiger partial charge in [-0.2, -0.15) is 0 Å². The Bertz CT molecular complexity index is 706. The van der Waals surface area contributed by atoms with Gasteiger partial charge in [0, 0.05) is 14.0 Å². The largest absolute Gasteiger partial charge is 0.355 e. The van der Waals surface area contributed by atoms with Crippen LogP contribution in [-0.2, 0) is 9.59 Å². The molecule has 2 aliphatic rings. The SMILES string of the molecule is CC(=O)N1c2ccccc2NC2=C(C(=O)N(C)C2(C)C)C1C. The molecule has 22 heavy (non-hydrogen) atoms. The van der Waals surface area contributed by atoms with Crippen LogP contribution in [0, 0.1) is 0 Å². The molecule has 0 aliphatic carbocycles. The highest BCUT2D eigenvalue weighted by Crippen LogP contribution is 2.43. The average Bonchev–Trinajstić information content (AvgIpc) is 2.58. The lowest BCUT2D eigenvalue weighted by molar-refractivity contribution is -0.127. The standard InChI is InChI=1S/C17H21N3O2/c1-10-14-15(17(3,4)19(5)16(14)22)18-12-8-6-7-9-13(12)20(10)11(2)21/h6-10,18H,1-5H3. The van der Waals surface area contributed by atoms with E-state index < -0.39 is 5.54 Å². The number of anilines is 2. The summed E-state index contributed by atoms with van der Waals surface area (Å²) >= 11 is 0. The minimum Gasteiger partial charge on any atom is -0.355 e. The molecule has 116 valence electrons. The molecule has 0 radical (unpaired) electrons. The molecule has 0 saturated heterocycles. The maximum Gasteiger partial charge on any atom is 0.254 e. The summed E-state index contributed by atoms with van der Waals surface area (Å²) in [6.45, 7) is 7.47. The minimum absolute atomic E-state index is 0.0287. The summed E-state index contributed by atoms with van der Waals surface area (Å²) in [6, 6.07) is 7.36. The Hall–Kier alpha value is -2.30. The van der Waals surface area contributed by atoms with Crippen molar-refractivity contribution in [2.75, 3.05) is 17.3 Å². The molecule has 1 aromatic carbocycles. The molecular weight excluding hydrogens is 278 g/mol. The highest BCUT2D eigenvalue weighted by Gasteiger charge is 2.48. The molecule has 5 heteroatoms. The van der Waals surface area contributed by atoms with Gasteiger partial charge in [-0.05, 0) is 32.9 Å². The fraction of sp³-hybridized carbons (Fsp3) is 0.412. The van der Waals surface area contributed by atoms with Crippen LogP contribution in [0.3, 0.4) is 0 Å². The molecule has 2 amide bonds. The fourth-order valence-electron chi connectivity index (χ4n) is 3.35. The Morgan fingerprint density at radius 3 is 2.55 bits per heavy atom. The Kier molecular flexibility index (Phi) is 3.06. The third-order valence-electron chi connectivity index (χ3n) is 4.82. The van der Waals surface area contributed by atoms with Crippen molar-refractivity contribution in [3.05, 3.63) is 35.5 Å². The van der Waals surface area contributed by atoms with Crippen LogP contribution in [0.15, 0.2) is 35.5 Å². The lowest BCUT2D eigenvalue weighted by atomic mass is 9.97. The lowest BCUT2D eigenvalue weighted by Gasteiger charge is -2.33. The highest BCUT2D eigenvalue weighted by molar-refractivity contribution is 6.06. The van der Waals surface area contributed by atoms with E-state index in [-0.39, 0.29) is 17.9 Å². The molecule has 0 saturated carbocycles. The zero-order valence-corrected chi connectivity index (χ0v) is 13.6. The molecule has 0 aromatic heterocycles. The van der Waals surface area contributed by atoms with Gasteiger partial charge in [-0.15, -0.1) is 0 Å². The van der Waals surface area contributed by atoms with Gasteiger partial charge in [-0.25, -0.2) is 0 Å². The van der Waals surface area contributed by atoms with Gasteiger partial charge in [0.15, 0.2) is 0 Å². The number of hydrogen-bond acceptors (Lipinski definition) is 3. The molecular formula is C17H21N3O2. The Morgan fingerprint density at radius 2 is 1.91 bits per heavy atom. The van der Waals surface area contributed by atoms with E-state index in [1.165, 1.54) is 6.92 Å². The highest BCUT2D eigenvalue weighted by atomic mass is 16.2. The Morgan fingerprint density at radius 1 is 1.27 bits per heavy atom. The molecule has 0 fully saturated rings. The van der Waals surface area contributed by atoms with E-state index in [9.17, 15) is 9.59 Å². The molecule has 2 aliphatic heterocycles. The molecule has 3 rings (SSSR count). The van der Waals surface area contributed by atoms with E-state index in [1.807, 2.05) is 45.0 Å². The monoisotopic (exact) mass is 299 g/mol. The summed E-state index contributed by atoms with van der Waals surface area (Å²) in [5.41, 5.74) is 2.78. The summed E-state index contributed by atoms with van der Waals surface area (Å²) < 4.78 is 0. The van der Waals surface area contributed by atoms with Gasteiger partial charge in [0.2, 0.25) is 5.91 Å². The van der Waals surface area contributed by atoms with Crippen molar-refractivity contribution in [2.24, 2.45) is 0 Å². The van der Waals surface area contributed by atoms with Crippen LogP contribution in [0.5, 0.6) is 0 Å². The zero-order valence-electron chi connectivity index (χ0n) is 13.6. The fourth-order valence-corrected chi connectivity index (χ4v) is 3.35. The third kappa shape index (κ3) is 1.78. The van der Waals surface area contributed by atoms with Crippen molar-refractivity contribution in [3.63, 3.8) is 0 Å². The first-order valence-electron chi connectivity index (χ1n) is 7.45. The van der Waals surface area contributed by atoms with Crippen molar-refractivity contribution in [1.82, 2.24) is 4.90 Å². The second-order valence-corrected chi connectivity index (χ2v) is 6.42. The maximum atomic E-state index is 12.7. The molecule has 1 unspecified atom stereocenters. The normalized spacial score (nSPS) is 23.0. The summed E-state index contributed by atoms with van der Waals surface area (Å²) in [4.78, 5) is 28.4. The number of amides is 2. The van der Waals surface area contributed by atoms with E-state index in [0.717, 1.165) is 17.1 Å². The molecule has 2 heterocycles. The first-order valence-corrected chi connectivity index (χ1v) is 7.45. The van der Waals surface area contributed by atoms with Crippen molar-refractivity contribution in [3.8, 4) is 0 Å². The van der Waals surface area contributed by atoms with E-state index in [1.54, 1.807) is 16.8 Å². The summed E-state index contributed by atoms with van der Waals surface area (Å²) in [7, 11) is 1.80. The number of likely N-dealkylation sites (N-methyl/N-ethyl adjacent to an activating group) is 1. The Balaban J connectivity index is 2.26. The number of nitrogens with zero attached hydrogens (tertiary/aromatic N) is 2. The summed E-state index contributed by atoms with van der Waals surface area (Å²) in [6.07, 6.45) is 0. The molecule has 1 atom stereocenters. The second kappa shape index (κ2) is 4.60. The third-order valence-corrected chi connectivity index (χ3v) is 4.82. The molecule has 5 nitrogen and oxygen atoms in total. The topological polar surface area (TPSA) is 52.7 Å². The number of benzene rings is 1. The molecule has 0 bridgehead atoms. The van der Waals surface area contributed by atoms with Gasteiger partial charge < -0.3 is 15.1 Å². The zero-order chi connectivity index (χ0) is 16.2. The second-order valence-electron chi connectivity index (χ2n) is 6.42. The molecule has 0 spiro atoms. The van der Waals surface area contributed by atoms with Crippen molar-refractivity contribution in [1.29, 1.82) is 0 Å². The smallest absolute Gasteiger partial charge is 0.254 e. The predicted octanol–water partition coefficient (Wildman–Crippen LogP) is 2.36. The van der Waals surface area contributed by atoms with E-state index in [4.69, 9.17) is 0 Å². The lowest BCUT2D eigenvalue weighted by Crippen LogP contribution is -2.44. The average molecular weight is 299 g/mol. The van der Waals surface area contributed by atoms with Crippen LogP contribution in [0.2, 0.25) is 0 Å². The maximum absolute atomic E-state index is 12.7. The van der Waals surface area contributed by atoms with Gasteiger partial charge in [0.1, 0.15) is 0 Å². The van der Waals surface area contributed by atoms with Crippen LogP contribution in [-0.4, -0.2) is 35.3 Å². The summed E-state index contributed by atoms with van der Waals surface area (Å²) in [5, 5.41) is 3.41.